The average molecular weight is 460 g/mol. The van der Waals surface area contributed by atoms with Crippen molar-refractivity contribution in [1.29, 1.82) is 0 Å². The third kappa shape index (κ3) is 5.48. The first-order chi connectivity index (χ1) is 15.0. The molecular formula is C24H33N3O4S. The van der Waals surface area contributed by atoms with E-state index in [0.29, 0.717) is 23.8 Å². The van der Waals surface area contributed by atoms with Crippen LogP contribution in [0.25, 0.3) is 0 Å². The van der Waals surface area contributed by atoms with Crippen LogP contribution in [0.15, 0.2) is 47.5 Å². The molecule has 2 heterocycles. The van der Waals surface area contributed by atoms with E-state index in [4.69, 9.17) is 4.74 Å². The Kier molecular flexibility index (Phi) is 7.25. The van der Waals surface area contributed by atoms with Crippen molar-refractivity contribution >= 4 is 21.9 Å². The monoisotopic (exact) mass is 459 g/mol. The predicted molar refractivity (Wildman–Crippen MR) is 125 cm³/mol. The van der Waals surface area contributed by atoms with Crippen molar-refractivity contribution in [2.45, 2.75) is 70.4 Å². The number of sulfonamides is 1. The molecule has 1 unspecified atom stereocenters. The lowest BCUT2D eigenvalue weighted by Crippen LogP contribution is -2.39. The summed E-state index contributed by atoms with van der Waals surface area (Å²) in [7, 11) is -3.62. The summed E-state index contributed by atoms with van der Waals surface area (Å²) in [6, 6.07) is 10.3. The normalized spacial score (nSPS) is 17.7. The minimum Gasteiger partial charge on any atom is -0.443 e. The number of carbonyl (C=O) groups is 1. The summed E-state index contributed by atoms with van der Waals surface area (Å²) in [6.45, 7) is 10.1. The maximum Gasteiger partial charge on any atom is 0.415 e. The molecular weight excluding hydrogens is 426 g/mol. The molecule has 0 N–H and O–H groups in total. The summed E-state index contributed by atoms with van der Waals surface area (Å²) in [5, 5.41) is 0. The van der Waals surface area contributed by atoms with Gasteiger partial charge in [0, 0.05) is 19.3 Å². The molecule has 7 nitrogen and oxygen atoms in total. The predicted octanol–water partition coefficient (Wildman–Crippen LogP) is 5.07. The van der Waals surface area contributed by atoms with E-state index in [-0.39, 0.29) is 6.04 Å². The highest BCUT2D eigenvalue weighted by atomic mass is 32.2. The fourth-order valence-corrected chi connectivity index (χ4v) is 5.51. The summed E-state index contributed by atoms with van der Waals surface area (Å²) < 4.78 is 33.8. The number of nitrogens with zero attached hydrogens (tertiary/aromatic N) is 3. The number of piperidine rings is 1. The van der Waals surface area contributed by atoms with Gasteiger partial charge >= 0.3 is 6.09 Å². The Balaban J connectivity index is 1.86. The minimum atomic E-state index is -3.62. The van der Waals surface area contributed by atoms with Gasteiger partial charge in [-0.25, -0.2) is 18.2 Å². The number of amides is 1. The van der Waals surface area contributed by atoms with Gasteiger partial charge in [-0.05, 0) is 71.2 Å². The van der Waals surface area contributed by atoms with E-state index in [1.165, 1.54) is 4.90 Å². The van der Waals surface area contributed by atoms with Crippen LogP contribution in [0.4, 0.5) is 10.6 Å². The molecule has 1 amide bonds. The Morgan fingerprint density at radius 2 is 1.84 bits per heavy atom. The minimum absolute atomic E-state index is 0.284. The molecule has 1 aliphatic heterocycles. The Morgan fingerprint density at radius 1 is 1.16 bits per heavy atom. The van der Waals surface area contributed by atoms with Gasteiger partial charge in [0.15, 0.2) is 0 Å². The first-order valence-electron chi connectivity index (χ1n) is 11.1. The number of ether oxygens (including phenoxy) is 1. The molecule has 174 valence electrons. The van der Waals surface area contributed by atoms with Gasteiger partial charge in [0.1, 0.15) is 11.4 Å². The number of anilines is 1. The van der Waals surface area contributed by atoms with Gasteiger partial charge in [0.25, 0.3) is 0 Å². The first kappa shape index (κ1) is 24.2. The number of benzene rings is 1. The van der Waals surface area contributed by atoms with Gasteiger partial charge in [0.05, 0.1) is 10.9 Å². The van der Waals surface area contributed by atoms with Gasteiger partial charge in [0.2, 0.25) is 10.0 Å². The van der Waals surface area contributed by atoms with Gasteiger partial charge in [-0.2, -0.15) is 4.31 Å². The van der Waals surface area contributed by atoms with E-state index in [1.54, 1.807) is 28.7 Å². The van der Waals surface area contributed by atoms with Crippen molar-refractivity contribution < 1.29 is 17.9 Å². The fourth-order valence-electron chi connectivity index (χ4n) is 3.83. The van der Waals surface area contributed by atoms with Crippen molar-refractivity contribution in [1.82, 2.24) is 9.29 Å². The van der Waals surface area contributed by atoms with E-state index < -0.39 is 21.7 Å². The van der Waals surface area contributed by atoms with Crippen molar-refractivity contribution in [3.63, 3.8) is 0 Å². The molecule has 8 heteroatoms. The maximum atomic E-state index is 13.4. The van der Waals surface area contributed by atoms with Gasteiger partial charge in [-0.3, -0.25) is 4.90 Å². The summed E-state index contributed by atoms with van der Waals surface area (Å²) >= 11 is 0. The Hall–Kier alpha value is -2.45. The standard InChI is InChI=1S/C24H33N3O4S/c1-6-26(23(28)31-24(3,4)5)22-15-12-19(17-25-22)21-9-7-8-16-27(21)32(29,30)20-13-10-18(2)11-14-20/h10-15,17,21H,6-9,16H2,1-5H3. The second-order valence-corrected chi connectivity index (χ2v) is 11.0. The van der Waals surface area contributed by atoms with Crippen LogP contribution in [-0.4, -0.2) is 42.5 Å². The second kappa shape index (κ2) is 9.58. The lowest BCUT2D eigenvalue weighted by atomic mass is 9.99. The lowest BCUT2D eigenvalue weighted by Gasteiger charge is -2.35. The molecule has 3 rings (SSSR count). The Morgan fingerprint density at radius 3 is 2.41 bits per heavy atom. The highest BCUT2D eigenvalue weighted by Gasteiger charge is 2.34. The van der Waals surface area contributed by atoms with E-state index >= 15 is 0 Å². The molecule has 2 aromatic rings. The molecule has 0 bridgehead atoms. The zero-order valence-electron chi connectivity index (χ0n) is 19.5. The van der Waals surface area contributed by atoms with Crippen LogP contribution >= 0.6 is 0 Å². The second-order valence-electron chi connectivity index (χ2n) is 9.11. The van der Waals surface area contributed by atoms with Crippen LogP contribution in [0.1, 0.15) is 64.1 Å². The van der Waals surface area contributed by atoms with Crippen molar-refractivity contribution in [2.75, 3.05) is 18.0 Å². The van der Waals surface area contributed by atoms with Gasteiger partial charge in [-0.1, -0.05) is 30.2 Å². The van der Waals surface area contributed by atoms with E-state index in [9.17, 15) is 13.2 Å². The van der Waals surface area contributed by atoms with E-state index in [2.05, 4.69) is 4.98 Å². The van der Waals surface area contributed by atoms with Crippen LogP contribution in [0, 0.1) is 6.92 Å². The lowest BCUT2D eigenvalue weighted by molar-refractivity contribution is 0.0581. The van der Waals surface area contributed by atoms with Gasteiger partial charge in [-0.15, -0.1) is 0 Å². The Labute approximate surface area is 191 Å². The smallest absolute Gasteiger partial charge is 0.415 e. The first-order valence-corrected chi connectivity index (χ1v) is 12.5. The van der Waals surface area contributed by atoms with Crippen LogP contribution in [-0.2, 0) is 14.8 Å². The number of rotatable bonds is 5. The molecule has 0 aliphatic carbocycles. The zero-order chi connectivity index (χ0) is 23.5. The number of carbonyl (C=O) groups excluding carboxylic acids is 1. The summed E-state index contributed by atoms with van der Waals surface area (Å²) in [4.78, 5) is 18.8. The number of hydrogen-bond acceptors (Lipinski definition) is 5. The van der Waals surface area contributed by atoms with Crippen LogP contribution in [0.3, 0.4) is 0 Å². The summed E-state index contributed by atoms with van der Waals surface area (Å²) in [5.74, 6) is 0.481. The van der Waals surface area contributed by atoms with Crippen LogP contribution in [0.5, 0.6) is 0 Å². The topological polar surface area (TPSA) is 79.8 Å². The summed E-state index contributed by atoms with van der Waals surface area (Å²) in [5.41, 5.74) is 1.24. The number of aromatic nitrogens is 1. The number of hydrogen-bond donors (Lipinski definition) is 0. The fraction of sp³-hybridized carbons (Fsp3) is 0.500. The van der Waals surface area contributed by atoms with Crippen LogP contribution < -0.4 is 4.90 Å². The van der Waals surface area contributed by atoms with E-state index in [0.717, 1.165) is 30.4 Å². The van der Waals surface area contributed by atoms with Gasteiger partial charge < -0.3 is 4.74 Å². The average Bonchev–Trinajstić information content (AvgIpc) is 2.74. The quantitative estimate of drug-likeness (QED) is 0.624. The van der Waals surface area contributed by atoms with Crippen molar-refractivity contribution in [3.05, 3.63) is 53.7 Å². The zero-order valence-corrected chi connectivity index (χ0v) is 20.4. The third-order valence-corrected chi connectivity index (χ3v) is 7.37. The molecule has 0 saturated carbocycles. The molecule has 1 aromatic heterocycles. The molecule has 0 spiro atoms. The van der Waals surface area contributed by atoms with Crippen molar-refractivity contribution in [2.24, 2.45) is 0 Å². The highest BCUT2D eigenvalue weighted by Crippen LogP contribution is 2.35. The number of aryl methyl sites for hydroxylation is 1. The highest BCUT2D eigenvalue weighted by molar-refractivity contribution is 7.89. The SMILES string of the molecule is CCN(C(=O)OC(C)(C)C)c1ccc(C2CCCCN2S(=O)(=O)c2ccc(C)cc2)cn1. The maximum absolute atomic E-state index is 13.4. The molecule has 32 heavy (non-hydrogen) atoms. The largest absolute Gasteiger partial charge is 0.443 e. The molecule has 1 aliphatic rings. The van der Waals surface area contributed by atoms with Crippen molar-refractivity contribution in [3.8, 4) is 0 Å². The molecule has 1 atom stereocenters. The molecule has 1 fully saturated rings. The van der Waals surface area contributed by atoms with Crippen LogP contribution in [0.2, 0.25) is 0 Å². The Bertz CT molecular complexity index is 1030. The third-order valence-electron chi connectivity index (χ3n) is 5.44. The molecule has 1 aromatic carbocycles. The van der Waals surface area contributed by atoms with E-state index in [1.807, 2.05) is 52.8 Å². The number of pyridine rings is 1. The summed E-state index contributed by atoms with van der Waals surface area (Å²) in [6.07, 6.45) is 3.73. The molecule has 1 saturated heterocycles. The molecule has 0 radical (unpaired) electrons.